The molecule has 0 radical (unpaired) electrons. The Bertz CT molecular complexity index is 1410. The molecule has 1 N–H and O–H groups in total. The van der Waals surface area contributed by atoms with Gasteiger partial charge in [-0.1, -0.05) is 0 Å². The van der Waals surface area contributed by atoms with Crippen LogP contribution in [-0.4, -0.2) is 26.4 Å². The van der Waals surface area contributed by atoms with Gasteiger partial charge in [-0.05, 0) is 91.6 Å². The number of aromatic nitrogens is 3. The summed E-state index contributed by atoms with van der Waals surface area (Å²) in [4.78, 5) is 13.3. The van der Waals surface area contributed by atoms with Crippen LogP contribution in [0.2, 0.25) is 0 Å². The maximum absolute atomic E-state index is 15.3. The van der Waals surface area contributed by atoms with Crippen LogP contribution in [0.1, 0.15) is 37.3 Å². The van der Waals surface area contributed by atoms with Crippen molar-refractivity contribution < 1.29 is 4.39 Å². The average molecular weight is 417 g/mol. The van der Waals surface area contributed by atoms with E-state index in [0.717, 1.165) is 47.0 Å². The number of halogens is 1. The highest BCUT2D eigenvalue weighted by atomic mass is 19.1. The van der Waals surface area contributed by atoms with Crippen LogP contribution in [0.5, 0.6) is 0 Å². The highest BCUT2D eigenvalue weighted by molar-refractivity contribution is 5.91. The largest absolute Gasteiger partial charge is 0.312 e. The quantitative estimate of drug-likeness (QED) is 0.525. The Balaban J connectivity index is 1.45. The zero-order valence-corrected chi connectivity index (χ0v) is 17.8. The first-order valence-corrected chi connectivity index (χ1v) is 11.0. The van der Waals surface area contributed by atoms with Crippen LogP contribution in [0.15, 0.2) is 47.5 Å². The lowest BCUT2D eigenvalue weighted by molar-refractivity contribution is 0.282. The van der Waals surface area contributed by atoms with Gasteiger partial charge in [0.2, 0.25) is 0 Å². The molecule has 2 aromatic carbocycles. The molecule has 5 nitrogen and oxygen atoms in total. The number of nitrogens with one attached hydrogen (secondary N) is 1. The number of hydrogen-bond acceptors (Lipinski definition) is 3. The van der Waals surface area contributed by atoms with Gasteiger partial charge in [-0.3, -0.25) is 9.48 Å². The lowest BCUT2D eigenvalue weighted by atomic mass is 9.96. The number of hydrogen-bond donors (Lipinski definition) is 1. The summed E-state index contributed by atoms with van der Waals surface area (Å²) in [5.74, 6) is -0.453. The van der Waals surface area contributed by atoms with Gasteiger partial charge in [0.1, 0.15) is 5.82 Å². The average Bonchev–Trinajstić information content (AvgIpc) is 3.35. The normalized spacial score (nSPS) is 20.0. The monoisotopic (exact) mass is 416 g/mol. The molecule has 1 atom stereocenters. The lowest BCUT2D eigenvalue weighted by Crippen LogP contribution is -2.42. The number of fused-ring (bicyclic) bond motifs is 2. The molecule has 0 bridgehead atoms. The Morgan fingerprint density at radius 1 is 1.16 bits per heavy atom. The number of nitrogens with zero attached hydrogens (tertiary/aromatic N) is 3. The Kier molecular flexibility index (Phi) is 3.93. The molecule has 1 aliphatic heterocycles. The molecule has 1 spiro atoms. The van der Waals surface area contributed by atoms with E-state index in [1.54, 1.807) is 9.25 Å². The van der Waals surface area contributed by atoms with E-state index in [1.165, 1.54) is 18.9 Å². The first kappa shape index (κ1) is 18.8. The third-order valence-corrected chi connectivity index (χ3v) is 7.08. The summed E-state index contributed by atoms with van der Waals surface area (Å²) in [7, 11) is 1.90. The Hall–Kier alpha value is -2.99. The second-order valence-electron chi connectivity index (χ2n) is 9.34. The van der Waals surface area contributed by atoms with E-state index in [9.17, 15) is 4.79 Å². The van der Waals surface area contributed by atoms with Crippen LogP contribution >= 0.6 is 0 Å². The van der Waals surface area contributed by atoms with Gasteiger partial charge >= 0.3 is 0 Å². The number of aryl methyl sites for hydroxylation is 2. The minimum absolute atomic E-state index is 0.135. The molecule has 1 saturated carbocycles. The van der Waals surface area contributed by atoms with Gasteiger partial charge in [-0.2, -0.15) is 5.10 Å². The van der Waals surface area contributed by atoms with Gasteiger partial charge in [0, 0.05) is 36.4 Å². The minimum Gasteiger partial charge on any atom is -0.312 e. The van der Waals surface area contributed by atoms with Crippen molar-refractivity contribution in [3.8, 4) is 11.1 Å². The predicted octanol–water partition coefficient (Wildman–Crippen LogP) is 4.46. The van der Waals surface area contributed by atoms with E-state index in [4.69, 9.17) is 0 Å². The molecule has 1 unspecified atom stereocenters. The zero-order valence-electron chi connectivity index (χ0n) is 17.8. The summed E-state index contributed by atoms with van der Waals surface area (Å²) in [6, 6.07) is 9.50. The fourth-order valence-electron chi connectivity index (χ4n) is 5.29. The van der Waals surface area contributed by atoms with Crippen LogP contribution in [0, 0.1) is 12.7 Å². The van der Waals surface area contributed by atoms with Gasteiger partial charge < -0.3 is 9.88 Å². The molecular weight excluding hydrogens is 391 g/mol. The standard InChI is InChI=1S/C25H25FN4O/c1-15-9-17(11-19-14-29(2)28-23(15)19)18-10-16-4-8-30(24(31)22(16)21(26)12-18)20-3-7-27-25(13-20)5-6-25/h4,8-12,14,20,27H,3,5-7,13H2,1-2H3. The van der Waals surface area contributed by atoms with E-state index >= 15 is 4.39 Å². The van der Waals surface area contributed by atoms with Crippen LogP contribution in [0.4, 0.5) is 4.39 Å². The number of piperidine rings is 1. The molecule has 2 aliphatic rings. The van der Waals surface area contributed by atoms with Gasteiger partial charge in [0.25, 0.3) is 5.56 Å². The van der Waals surface area contributed by atoms with Crippen molar-refractivity contribution in [2.24, 2.45) is 7.05 Å². The summed E-state index contributed by atoms with van der Waals surface area (Å²) in [6.45, 7) is 2.92. The Morgan fingerprint density at radius 3 is 2.74 bits per heavy atom. The Morgan fingerprint density at radius 2 is 1.94 bits per heavy atom. The van der Waals surface area contributed by atoms with Crippen molar-refractivity contribution in [1.82, 2.24) is 19.7 Å². The van der Waals surface area contributed by atoms with Gasteiger partial charge in [-0.15, -0.1) is 0 Å². The summed E-state index contributed by atoms with van der Waals surface area (Å²) in [5, 5.41) is 9.93. The molecule has 2 fully saturated rings. The highest BCUT2D eigenvalue weighted by Gasteiger charge is 2.46. The van der Waals surface area contributed by atoms with Crippen molar-refractivity contribution in [3.05, 3.63) is 64.5 Å². The van der Waals surface area contributed by atoms with Crippen molar-refractivity contribution >= 4 is 21.7 Å². The Labute approximate surface area is 179 Å². The summed E-state index contributed by atoms with van der Waals surface area (Å²) >= 11 is 0. The van der Waals surface area contributed by atoms with E-state index in [1.807, 2.05) is 50.6 Å². The summed E-state index contributed by atoms with van der Waals surface area (Å²) in [5.41, 5.74) is 3.69. The van der Waals surface area contributed by atoms with E-state index in [2.05, 4.69) is 10.4 Å². The minimum atomic E-state index is -0.453. The molecule has 0 amide bonds. The van der Waals surface area contributed by atoms with Gasteiger partial charge in [0.05, 0.1) is 10.9 Å². The van der Waals surface area contributed by atoms with Gasteiger partial charge in [-0.25, -0.2) is 4.39 Å². The summed E-state index contributed by atoms with van der Waals surface area (Å²) < 4.78 is 18.8. The second kappa shape index (κ2) is 6.50. The topological polar surface area (TPSA) is 51.9 Å². The highest BCUT2D eigenvalue weighted by Crippen LogP contribution is 2.45. The van der Waals surface area contributed by atoms with E-state index in [-0.39, 0.29) is 22.5 Å². The number of pyridine rings is 1. The van der Waals surface area contributed by atoms with Crippen molar-refractivity contribution in [1.29, 1.82) is 0 Å². The second-order valence-corrected chi connectivity index (χ2v) is 9.34. The van der Waals surface area contributed by atoms with E-state index < -0.39 is 5.82 Å². The van der Waals surface area contributed by atoms with Crippen LogP contribution < -0.4 is 10.9 Å². The maximum atomic E-state index is 15.3. The molecular formula is C25H25FN4O. The molecule has 6 heteroatoms. The number of benzene rings is 2. The third kappa shape index (κ3) is 3.00. The van der Waals surface area contributed by atoms with Gasteiger partial charge in [0.15, 0.2) is 0 Å². The van der Waals surface area contributed by atoms with Crippen molar-refractivity contribution in [2.75, 3.05) is 6.54 Å². The molecule has 158 valence electrons. The molecule has 4 aromatic rings. The molecule has 2 aromatic heterocycles. The molecule has 31 heavy (non-hydrogen) atoms. The zero-order chi connectivity index (χ0) is 21.3. The molecule has 1 aliphatic carbocycles. The number of rotatable bonds is 2. The summed E-state index contributed by atoms with van der Waals surface area (Å²) in [6.07, 6.45) is 8.01. The molecule has 3 heterocycles. The van der Waals surface area contributed by atoms with Crippen molar-refractivity contribution in [2.45, 2.75) is 44.2 Å². The molecule has 1 saturated heterocycles. The first-order valence-electron chi connectivity index (χ1n) is 11.0. The maximum Gasteiger partial charge on any atom is 0.261 e. The third-order valence-electron chi connectivity index (χ3n) is 7.08. The fraction of sp³-hybridized carbons (Fsp3) is 0.360. The lowest BCUT2D eigenvalue weighted by Gasteiger charge is -2.31. The smallest absolute Gasteiger partial charge is 0.261 e. The van der Waals surface area contributed by atoms with Crippen LogP contribution in [-0.2, 0) is 7.05 Å². The van der Waals surface area contributed by atoms with Crippen LogP contribution in [0.25, 0.3) is 32.8 Å². The van der Waals surface area contributed by atoms with Crippen LogP contribution in [0.3, 0.4) is 0 Å². The van der Waals surface area contributed by atoms with Crippen molar-refractivity contribution in [3.63, 3.8) is 0 Å². The predicted molar refractivity (Wildman–Crippen MR) is 121 cm³/mol. The first-order chi connectivity index (χ1) is 14.9. The molecule has 6 rings (SSSR count). The van der Waals surface area contributed by atoms with E-state index in [0.29, 0.717) is 5.39 Å². The fourth-order valence-corrected chi connectivity index (χ4v) is 5.29. The SMILES string of the molecule is Cc1cc(-c2cc(F)c3c(=O)n(C4CCNC5(CC5)C4)ccc3c2)cc2cn(C)nc12.